The maximum Gasteiger partial charge on any atom is 0.205 e. The zero-order valence-electron chi connectivity index (χ0n) is 12.2. The number of unbranched alkanes of at least 4 members (excludes halogenated alkanes) is 1. The first kappa shape index (κ1) is 17.3. The fourth-order valence-corrected chi connectivity index (χ4v) is 2.91. The van der Waals surface area contributed by atoms with Crippen LogP contribution in [0.25, 0.3) is 5.69 Å². The van der Waals surface area contributed by atoms with Crippen LogP contribution in [0.15, 0.2) is 42.7 Å². The van der Waals surface area contributed by atoms with Crippen molar-refractivity contribution in [3.8, 4) is 5.69 Å². The smallest absolute Gasteiger partial charge is 0.205 e. The molecule has 0 aliphatic carbocycles. The molecule has 1 aromatic carbocycles. The van der Waals surface area contributed by atoms with Crippen LogP contribution in [0.4, 0.5) is 0 Å². The second-order valence-electron chi connectivity index (χ2n) is 5.06. The first-order chi connectivity index (χ1) is 10.4. The van der Waals surface area contributed by atoms with Crippen molar-refractivity contribution in [2.75, 3.05) is 0 Å². The molecule has 1 aromatic heterocycles. The van der Waals surface area contributed by atoms with E-state index in [1.807, 2.05) is 37.3 Å². The van der Waals surface area contributed by atoms with Gasteiger partial charge in [-0.2, -0.15) is 0 Å². The lowest BCUT2D eigenvalue weighted by Crippen LogP contribution is -2.30. The van der Waals surface area contributed by atoms with Gasteiger partial charge in [-0.05, 0) is 18.6 Å². The van der Waals surface area contributed by atoms with Crippen molar-refractivity contribution in [2.24, 2.45) is 5.92 Å². The van der Waals surface area contributed by atoms with Crippen molar-refractivity contribution in [3.63, 3.8) is 0 Å². The van der Waals surface area contributed by atoms with Gasteiger partial charge in [-0.25, -0.2) is 4.98 Å². The van der Waals surface area contributed by atoms with Crippen molar-refractivity contribution < 1.29 is 4.79 Å². The second-order valence-corrected chi connectivity index (χ2v) is 7.43. The van der Waals surface area contributed by atoms with Crippen molar-refractivity contribution in [1.82, 2.24) is 9.55 Å². The largest absolute Gasteiger partial charge is 0.297 e. The number of hydrogen-bond donors (Lipinski definition) is 0. The molecule has 0 aliphatic rings. The molecule has 0 unspecified atom stereocenters. The summed E-state index contributed by atoms with van der Waals surface area (Å²) in [6.45, 7) is 2.03. The number of alkyl halides is 3. The van der Waals surface area contributed by atoms with Crippen molar-refractivity contribution in [3.05, 3.63) is 48.5 Å². The van der Waals surface area contributed by atoms with Gasteiger partial charge in [-0.15, -0.1) is 0 Å². The first-order valence-electron chi connectivity index (χ1n) is 7.15. The maximum absolute atomic E-state index is 12.8. The third-order valence-corrected chi connectivity index (χ3v) is 4.24. The Morgan fingerprint density at radius 1 is 1.27 bits per heavy atom. The minimum Gasteiger partial charge on any atom is -0.297 e. The highest BCUT2D eigenvalue weighted by molar-refractivity contribution is 6.68. The first-order valence-corrected chi connectivity index (χ1v) is 8.28. The van der Waals surface area contributed by atoms with Crippen LogP contribution in [-0.2, 0) is 0 Å². The van der Waals surface area contributed by atoms with Gasteiger partial charge in [0.25, 0.3) is 0 Å². The number of para-hydroxylation sites is 1. The normalized spacial score (nSPS) is 13.1. The number of hydrogen-bond acceptors (Lipinski definition) is 2. The Balaban J connectivity index is 2.34. The summed E-state index contributed by atoms with van der Waals surface area (Å²) in [7, 11) is 0. The van der Waals surface area contributed by atoms with E-state index in [2.05, 4.69) is 4.98 Å². The van der Waals surface area contributed by atoms with Crippen molar-refractivity contribution >= 4 is 40.6 Å². The monoisotopic (exact) mass is 358 g/mol. The number of imidazole rings is 1. The van der Waals surface area contributed by atoms with Crippen LogP contribution in [0.5, 0.6) is 0 Å². The Labute approximate surface area is 145 Å². The third-order valence-electron chi connectivity index (χ3n) is 3.45. The van der Waals surface area contributed by atoms with Crippen LogP contribution in [0.3, 0.4) is 0 Å². The summed E-state index contributed by atoms with van der Waals surface area (Å²) in [5, 5.41) is 0. The minimum absolute atomic E-state index is 0.248. The van der Waals surface area contributed by atoms with Crippen LogP contribution in [0, 0.1) is 5.92 Å². The molecule has 6 heteroatoms. The molecule has 1 heterocycles. The van der Waals surface area contributed by atoms with E-state index in [-0.39, 0.29) is 5.78 Å². The van der Waals surface area contributed by atoms with Gasteiger partial charge in [0.1, 0.15) is 0 Å². The van der Waals surface area contributed by atoms with E-state index in [4.69, 9.17) is 34.8 Å². The molecule has 0 bridgehead atoms. The second kappa shape index (κ2) is 7.49. The highest BCUT2D eigenvalue weighted by Crippen LogP contribution is 2.39. The molecule has 2 aromatic rings. The van der Waals surface area contributed by atoms with Crippen LogP contribution in [0.2, 0.25) is 0 Å². The molecule has 1 atom stereocenters. The summed E-state index contributed by atoms with van der Waals surface area (Å²) in [5.74, 6) is -0.664. The Morgan fingerprint density at radius 2 is 1.95 bits per heavy atom. The van der Waals surface area contributed by atoms with Gasteiger partial charge in [0, 0.05) is 18.1 Å². The SMILES string of the molecule is CCCC[C@H](C(=O)c1nccn1-c1ccccc1)C(Cl)(Cl)Cl. The number of ketones is 1. The van der Waals surface area contributed by atoms with Gasteiger partial charge in [0.2, 0.25) is 9.58 Å². The summed E-state index contributed by atoms with van der Waals surface area (Å²) in [6, 6.07) is 9.50. The number of aromatic nitrogens is 2. The molecule has 0 fully saturated rings. The summed E-state index contributed by atoms with van der Waals surface area (Å²) >= 11 is 18.1. The number of halogens is 3. The van der Waals surface area contributed by atoms with Gasteiger partial charge in [-0.1, -0.05) is 72.8 Å². The molecule has 118 valence electrons. The van der Waals surface area contributed by atoms with Crippen LogP contribution < -0.4 is 0 Å². The fraction of sp³-hybridized carbons (Fsp3) is 0.375. The molecule has 3 nitrogen and oxygen atoms in total. The number of nitrogens with zero attached hydrogens (tertiary/aromatic N) is 2. The van der Waals surface area contributed by atoms with Crippen LogP contribution in [-0.4, -0.2) is 19.1 Å². The number of carbonyl (C=O) groups is 1. The van der Waals surface area contributed by atoms with Crippen LogP contribution >= 0.6 is 34.8 Å². The zero-order valence-corrected chi connectivity index (χ0v) is 14.4. The Kier molecular flexibility index (Phi) is 5.90. The minimum atomic E-state index is -1.64. The highest BCUT2D eigenvalue weighted by atomic mass is 35.6. The fourth-order valence-electron chi connectivity index (χ4n) is 2.29. The molecule has 2 rings (SSSR count). The average Bonchev–Trinajstić information content (AvgIpc) is 2.96. The van der Waals surface area contributed by atoms with Gasteiger partial charge in [-0.3, -0.25) is 9.36 Å². The zero-order chi connectivity index (χ0) is 16.2. The summed E-state index contributed by atoms with van der Waals surface area (Å²) in [5.41, 5.74) is 0.849. The number of Topliss-reactive ketones (excluding diaryl/α,β-unsaturated/α-hetero) is 1. The molecular weight excluding hydrogens is 343 g/mol. The maximum atomic E-state index is 12.8. The molecule has 0 amide bonds. The number of benzene rings is 1. The average molecular weight is 360 g/mol. The van der Waals surface area contributed by atoms with E-state index in [1.54, 1.807) is 17.0 Å². The highest BCUT2D eigenvalue weighted by Gasteiger charge is 2.39. The topological polar surface area (TPSA) is 34.9 Å². The number of rotatable bonds is 6. The van der Waals surface area contributed by atoms with E-state index >= 15 is 0 Å². The summed E-state index contributed by atoms with van der Waals surface area (Å²) < 4.78 is 0.0808. The standard InChI is InChI=1S/C16H17Cl3N2O/c1-2-3-9-13(16(17,18)19)14(22)15-20-10-11-21(15)12-7-5-4-6-8-12/h4-8,10-11,13H,2-3,9H2,1H3/t13-/m1/s1. The molecular formula is C16H17Cl3N2O. The lowest BCUT2D eigenvalue weighted by atomic mass is 9.98. The van der Waals surface area contributed by atoms with Gasteiger partial charge < -0.3 is 0 Å². The number of carbonyl (C=O) groups excluding carboxylic acids is 1. The van der Waals surface area contributed by atoms with Gasteiger partial charge >= 0.3 is 0 Å². The van der Waals surface area contributed by atoms with E-state index < -0.39 is 9.71 Å². The van der Waals surface area contributed by atoms with Crippen molar-refractivity contribution in [1.29, 1.82) is 0 Å². The van der Waals surface area contributed by atoms with E-state index in [0.717, 1.165) is 18.5 Å². The Bertz CT molecular complexity index is 620. The Hall–Kier alpha value is -1.03. The summed E-state index contributed by atoms with van der Waals surface area (Å²) in [4.78, 5) is 17.0. The lowest BCUT2D eigenvalue weighted by Gasteiger charge is -2.23. The van der Waals surface area contributed by atoms with Gasteiger partial charge in [0.05, 0.1) is 5.92 Å². The molecule has 22 heavy (non-hydrogen) atoms. The lowest BCUT2D eigenvalue weighted by molar-refractivity contribution is 0.0901. The van der Waals surface area contributed by atoms with E-state index in [0.29, 0.717) is 12.2 Å². The third kappa shape index (κ3) is 4.03. The predicted molar refractivity (Wildman–Crippen MR) is 91.2 cm³/mol. The van der Waals surface area contributed by atoms with Crippen LogP contribution in [0.1, 0.15) is 36.8 Å². The molecule has 0 N–H and O–H groups in total. The molecule has 0 aliphatic heterocycles. The molecule has 0 spiro atoms. The van der Waals surface area contributed by atoms with Gasteiger partial charge in [0.15, 0.2) is 5.82 Å². The Morgan fingerprint density at radius 3 is 2.55 bits per heavy atom. The quantitative estimate of drug-likeness (QED) is 0.523. The molecule has 0 saturated carbocycles. The van der Waals surface area contributed by atoms with E-state index in [9.17, 15) is 4.79 Å². The molecule has 0 radical (unpaired) electrons. The van der Waals surface area contributed by atoms with Crippen molar-refractivity contribution in [2.45, 2.75) is 30.0 Å². The molecule has 0 saturated heterocycles. The summed E-state index contributed by atoms with van der Waals surface area (Å²) in [6.07, 6.45) is 5.58. The van der Waals surface area contributed by atoms with E-state index in [1.165, 1.54) is 0 Å². The predicted octanol–water partition coefficient (Wildman–Crippen LogP) is 5.23.